The molecule has 2 N–H and O–H groups in total. The van der Waals surface area contributed by atoms with E-state index in [-0.39, 0.29) is 0 Å². The van der Waals surface area contributed by atoms with E-state index in [0.717, 1.165) is 17.5 Å². The van der Waals surface area contributed by atoms with Crippen LogP contribution >= 0.6 is 0 Å². The summed E-state index contributed by atoms with van der Waals surface area (Å²) >= 11 is 0. The van der Waals surface area contributed by atoms with E-state index in [9.17, 15) is 4.79 Å². The van der Waals surface area contributed by atoms with E-state index in [0.29, 0.717) is 6.61 Å². The first-order valence-corrected chi connectivity index (χ1v) is 6.76. The summed E-state index contributed by atoms with van der Waals surface area (Å²) in [7, 11) is 0. The first-order chi connectivity index (χ1) is 9.71. The van der Waals surface area contributed by atoms with E-state index >= 15 is 0 Å². The van der Waals surface area contributed by atoms with Crippen LogP contribution in [0.3, 0.4) is 0 Å². The van der Waals surface area contributed by atoms with Crippen LogP contribution in [0.2, 0.25) is 0 Å². The number of hydrogen-bond acceptors (Lipinski definition) is 2. The van der Waals surface area contributed by atoms with Crippen LogP contribution in [0.1, 0.15) is 24.5 Å². The minimum atomic E-state index is -1.22. The Hall–Kier alpha value is -2.13. The van der Waals surface area contributed by atoms with E-state index < -0.39 is 11.5 Å². The molecule has 0 fully saturated rings. The highest BCUT2D eigenvalue weighted by Crippen LogP contribution is 2.33. The molecule has 0 saturated carbocycles. The molecular formula is C17H19NO2. The highest BCUT2D eigenvalue weighted by Gasteiger charge is 2.41. The third-order valence-electron chi connectivity index (χ3n) is 3.23. The smallest absolute Gasteiger partial charge is 0.259 e. The maximum atomic E-state index is 12.2. The van der Waals surface area contributed by atoms with Gasteiger partial charge in [-0.3, -0.25) is 4.79 Å². The first kappa shape index (κ1) is 14.3. The zero-order valence-electron chi connectivity index (χ0n) is 11.6. The topological polar surface area (TPSA) is 52.3 Å². The standard InChI is InChI=1S/C17H19NO2/c1-2-13-20-17(16(18)19,14-9-5-3-6-10-14)15-11-7-4-8-12-15/h3-12H,2,13H2,1H3,(H2,18,19). The number of carbonyl (C=O) groups is 1. The lowest BCUT2D eigenvalue weighted by atomic mass is 9.85. The molecule has 0 aromatic heterocycles. The van der Waals surface area contributed by atoms with Crippen LogP contribution in [0.4, 0.5) is 0 Å². The fourth-order valence-electron chi connectivity index (χ4n) is 2.29. The van der Waals surface area contributed by atoms with Crippen molar-refractivity contribution in [3.05, 3.63) is 71.8 Å². The van der Waals surface area contributed by atoms with Crippen LogP contribution in [-0.4, -0.2) is 12.5 Å². The van der Waals surface area contributed by atoms with Crippen LogP contribution in [0.15, 0.2) is 60.7 Å². The zero-order valence-corrected chi connectivity index (χ0v) is 11.6. The quantitative estimate of drug-likeness (QED) is 0.876. The van der Waals surface area contributed by atoms with Crippen molar-refractivity contribution in [2.75, 3.05) is 6.61 Å². The molecule has 0 unspecified atom stereocenters. The molecule has 20 heavy (non-hydrogen) atoms. The Bertz CT molecular complexity index is 512. The predicted molar refractivity (Wildman–Crippen MR) is 79.1 cm³/mol. The number of benzene rings is 2. The number of ether oxygens (including phenoxy) is 1. The summed E-state index contributed by atoms with van der Waals surface area (Å²) in [6.07, 6.45) is 0.814. The van der Waals surface area contributed by atoms with E-state index in [1.807, 2.05) is 67.6 Å². The monoisotopic (exact) mass is 269 g/mol. The molecule has 0 saturated heterocycles. The lowest BCUT2D eigenvalue weighted by molar-refractivity contribution is -0.139. The van der Waals surface area contributed by atoms with Gasteiger partial charge in [0.1, 0.15) is 0 Å². The fraction of sp³-hybridized carbons (Fsp3) is 0.235. The Morgan fingerprint density at radius 1 is 1.00 bits per heavy atom. The number of carbonyl (C=O) groups excluding carboxylic acids is 1. The number of nitrogens with two attached hydrogens (primary N) is 1. The van der Waals surface area contributed by atoms with Crippen molar-refractivity contribution in [3.8, 4) is 0 Å². The number of primary amides is 1. The second-order valence-electron chi connectivity index (χ2n) is 4.63. The minimum Gasteiger partial charge on any atom is -0.367 e. The molecule has 0 radical (unpaired) electrons. The Labute approximate surface area is 119 Å². The van der Waals surface area contributed by atoms with E-state index in [1.54, 1.807) is 0 Å². The minimum absolute atomic E-state index is 0.465. The Morgan fingerprint density at radius 2 is 1.45 bits per heavy atom. The molecule has 0 aliphatic carbocycles. The summed E-state index contributed by atoms with van der Waals surface area (Å²) in [5.74, 6) is -0.497. The SMILES string of the molecule is CCCOC(C(N)=O)(c1ccccc1)c1ccccc1. The molecular weight excluding hydrogens is 250 g/mol. The average molecular weight is 269 g/mol. The molecule has 0 aliphatic heterocycles. The maximum absolute atomic E-state index is 12.2. The second-order valence-corrected chi connectivity index (χ2v) is 4.63. The van der Waals surface area contributed by atoms with Crippen molar-refractivity contribution in [2.24, 2.45) is 5.73 Å². The number of rotatable bonds is 6. The molecule has 3 nitrogen and oxygen atoms in total. The average Bonchev–Trinajstić information content (AvgIpc) is 2.50. The van der Waals surface area contributed by atoms with Crippen molar-refractivity contribution >= 4 is 5.91 Å². The van der Waals surface area contributed by atoms with Gasteiger partial charge in [-0.15, -0.1) is 0 Å². The Morgan fingerprint density at radius 3 is 1.80 bits per heavy atom. The normalized spacial score (nSPS) is 11.2. The molecule has 2 aromatic carbocycles. The van der Waals surface area contributed by atoms with E-state index in [4.69, 9.17) is 10.5 Å². The van der Waals surface area contributed by atoms with Crippen molar-refractivity contribution in [1.29, 1.82) is 0 Å². The molecule has 2 aromatic rings. The highest BCUT2D eigenvalue weighted by molar-refractivity contribution is 5.89. The van der Waals surface area contributed by atoms with Crippen LogP contribution in [0.5, 0.6) is 0 Å². The summed E-state index contributed by atoms with van der Waals surface area (Å²) in [5, 5.41) is 0. The van der Waals surface area contributed by atoms with Crippen LogP contribution < -0.4 is 5.73 Å². The summed E-state index contributed by atoms with van der Waals surface area (Å²) in [5.41, 5.74) is 6.00. The molecule has 2 rings (SSSR count). The summed E-state index contributed by atoms with van der Waals surface area (Å²) in [6.45, 7) is 2.47. The van der Waals surface area contributed by atoms with Gasteiger partial charge < -0.3 is 10.5 Å². The number of hydrogen-bond donors (Lipinski definition) is 1. The Balaban J connectivity index is 2.60. The first-order valence-electron chi connectivity index (χ1n) is 6.76. The van der Waals surface area contributed by atoms with Crippen LogP contribution in [0, 0.1) is 0 Å². The van der Waals surface area contributed by atoms with Gasteiger partial charge in [-0.05, 0) is 17.5 Å². The predicted octanol–water partition coefficient (Wildman–Crippen LogP) is 2.84. The summed E-state index contributed by atoms with van der Waals surface area (Å²) in [6, 6.07) is 18.8. The summed E-state index contributed by atoms with van der Waals surface area (Å²) in [4.78, 5) is 12.2. The Kier molecular flexibility index (Phi) is 4.53. The fourth-order valence-corrected chi connectivity index (χ4v) is 2.29. The van der Waals surface area contributed by atoms with Gasteiger partial charge in [0, 0.05) is 6.61 Å². The van der Waals surface area contributed by atoms with Crippen molar-refractivity contribution in [3.63, 3.8) is 0 Å². The lowest BCUT2D eigenvalue weighted by Gasteiger charge is -2.31. The van der Waals surface area contributed by atoms with Crippen LogP contribution in [0.25, 0.3) is 0 Å². The van der Waals surface area contributed by atoms with E-state index in [2.05, 4.69) is 0 Å². The molecule has 3 heteroatoms. The van der Waals surface area contributed by atoms with Crippen molar-refractivity contribution in [2.45, 2.75) is 18.9 Å². The van der Waals surface area contributed by atoms with Gasteiger partial charge in [0.15, 0.2) is 5.60 Å². The van der Waals surface area contributed by atoms with E-state index in [1.165, 1.54) is 0 Å². The molecule has 0 spiro atoms. The molecule has 0 bridgehead atoms. The van der Waals surface area contributed by atoms with Gasteiger partial charge in [0.2, 0.25) is 0 Å². The lowest BCUT2D eigenvalue weighted by Crippen LogP contribution is -2.45. The molecule has 0 atom stereocenters. The van der Waals surface area contributed by atoms with Gasteiger partial charge in [0.25, 0.3) is 5.91 Å². The maximum Gasteiger partial charge on any atom is 0.259 e. The summed E-state index contributed by atoms with van der Waals surface area (Å²) < 4.78 is 5.94. The highest BCUT2D eigenvalue weighted by atomic mass is 16.5. The molecule has 1 amide bonds. The van der Waals surface area contributed by atoms with Gasteiger partial charge in [0.05, 0.1) is 0 Å². The van der Waals surface area contributed by atoms with Crippen LogP contribution in [-0.2, 0) is 15.1 Å². The van der Waals surface area contributed by atoms with Gasteiger partial charge in [-0.25, -0.2) is 0 Å². The molecule has 104 valence electrons. The third kappa shape index (κ3) is 2.58. The second kappa shape index (κ2) is 6.35. The third-order valence-corrected chi connectivity index (χ3v) is 3.23. The number of amides is 1. The van der Waals surface area contributed by atoms with Crippen molar-refractivity contribution in [1.82, 2.24) is 0 Å². The largest absolute Gasteiger partial charge is 0.367 e. The van der Waals surface area contributed by atoms with Gasteiger partial charge in [-0.2, -0.15) is 0 Å². The zero-order chi connectivity index (χ0) is 14.4. The molecule has 0 aliphatic rings. The van der Waals surface area contributed by atoms with Crippen molar-refractivity contribution < 1.29 is 9.53 Å². The van der Waals surface area contributed by atoms with Gasteiger partial charge >= 0.3 is 0 Å². The molecule has 0 heterocycles. The van der Waals surface area contributed by atoms with Gasteiger partial charge in [-0.1, -0.05) is 67.6 Å².